The van der Waals surface area contributed by atoms with Gasteiger partial charge in [-0.25, -0.2) is 0 Å². The number of nitrogens with zero attached hydrogens (tertiary/aromatic N) is 2. The minimum absolute atomic E-state index is 0.131. The molecule has 2 nitrogen and oxygen atoms in total. The summed E-state index contributed by atoms with van der Waals surface area (Å²) in [5, 5.41) is 8.96. The second-order valence-corrected chi connectivity index (χ2v) is 6.53. The van der Waals surface area contributed by atoms with Crippen LogP contribution < -0.4 is 0 Å². The zero-order chi connectivity index (χ0) is 13.4. The molecule has 1 fully saturated rings. The monoisotopic (exact) mass is 250 g/mol. The minimum atomic E-state index is -0.131. The third-order valence-electron chi connectivity index (χ3n) is 4.23. The molecule has 0 spiro atoms. The average Bonchev–Trinajstić information content (AvgIpc) is 2.37. The number of piperidine rings is 1. The maximum absolute atomic E-state index is 8.96. The highest BCUT2D eigenvalue weighted by Crippen LogP contribution is 2.24. The van der Waals surface area contributed by atoms with Gasteiger partial charge >= 0.3 is 0 Å². The van der Waals surface area contributed by atoms with Crippen LogP contribution in [-0.4, -0.2) is 24.5 Å². The smallest absolute Gasteiger partial charge is 0.0683 e. The Bertz CT molecular complexity index is 257. The third kappa shape index (κ3) is 5.87. The summed E-state index contributed by atoms with van der Waals surface area (Å²) in [4.78, 5) is 2.62. The summed E-state index contributed by atoms with van der Waals surface area (Å²) in [6, 6.07) is 2.39. The van der Waals surface area contributed by atoms with Gasteiger partial charge in [-0.3, -0.25) is 0 Å². The van der Waals surface area contributed by atoms with Crippen LogP contribution in [0, 0.1) is 22.7 Å². The van der Waals surface area contributed by atoms with Crippen LogP contribution in [0.15, 0.2) is 0 Å². The molecule has 2 heteroatoms. The number of hydrogen-bond donors (Lipinski definition) is 0. The lowest BCUT2D eigenvalue weighted by atomic mass is 9.89. The second kappa shape index (κ2) is 7.79. The Balaban J connectivity index is 2.06. The Morgan fingerprint density at radius 2 is 1.89 bits per heavy atom. The molecule has 0 atom stereocenters. The lowest BCUT2D eigenvalue weighted by molar-refractivity contribution is 0.174. The molecule has 0 N–H and O–H groups in total. The Hall–Kier alpha value is -0.550. The lowest BCUT2D eigenvalue weighted by Gasteiger charge is -2.32. The molecule has 0 radical (unpaired) electrons. The van der Waals surface area contributed by atoms with E-state index in [1.165, 1.54) is 58.2 Å². The van der Waals surface area contributed by atoms with E-state index in [0.29, 0.717) is 0 Å². The maximum atomic E-state index is 8.96. The SMILES string of the molecule is CCCC1CCN(CCCCC(C)(C)C#N)CC1. The number of rotatable bonds is 7. The van der Waals surface area contributed by atoms with Gasteiger partial charge in [0.1, 0.15) is 0 Å². The largest absolute Gasteiger partial charge is 0.303 e. The standard InChI is InChI=1S/C16H30N2/c1-4-7-15-8-12-18(13-9-15)11-6-5-10-16(2,3)14-17/h15H,4-13H2,1-3H3. The van der Waals surface area contributed by atoms with Crippen LogP contribution in [0.2, 0.25) is 0 Å². The molecule has 1 aliphatic rings. The van der Waals surface area contributed by atoms with Gasteiger partial charge in [-0.1, -0.05) is 26.2 Å². The molecule has 18 heavy (non-hydrogen) atoms. The lowest BCUT2D eigenvalue weighted by Crippen LogP contribution is -2.34. The van der Waals surface area contributed by atoms with Crippen molar-refractivity contribution in [2.75, 3.05) is 19.6 Å². The molecule has 1 heterocycles. The van der Waals surface area contributed by atoms with Crippen molar-refractivity contribution in [3.05, 3.63) is 0 Å². The van der Waals surface area contributed by atoms with E-state index in [1.807, 2.05) is 13.8 Å². The third-order valence-corrected chi connectivity index (χ3v) is 4.23. The van der Waals surface area contributed by atoms with Crippen LogP contribution in [0.25, 0.3) is 0 Å². The van der Waals surface area contributed by atoms with Gasteiger partial charge in [0.2, 0.25) is 0 Å². The van der Waals surface area contributed by atoms with Crippen molar-refractivity contribution >= 4 is 0 Å². The molecule has 0 aromatic rings. The molecule has 0 bridgehead atoms. The minimum Gasteiger partial charge on any atom is -0.303 e. The molecule has 0 saturated carbocycles. The average molecular weight is 250 g/mol. The van der Waals surface area contributed by atoms with Crippen LogP contribution in [-0.2, 0) is 0 Å². The zero-order valence-corrected chi connectivity index (χ0v) is 12.5. The molecular weight excluding hydrogens is 220 g/mol. The summed E-state index contributed by atoms with van der Waals surface area (Å²) < 4.78 is 0. The first kappa shape index (κ1) is 15.5. The molecule has 1 saturated heterocycles. The van der Waals surface area contributed by atoms with Crippen LogP contribution in [0.1, 0.15) is 65.7 Å². The predicted molar refractivity (Wildman–Crippen MR) is 77.3 cm³/mol. The Labute approximate surface area is 113 Å². The van der Waals surface area contributed by atoms with Gasteiger partial charge in [-0.2, -0.15) is 5.26 Å². The van der Waals surface area contributed by atoms with Crippen molar-refractivity contribution in [2.45, 2.75) is 65.7 Å². The summed E-state index contributed by atoms with van der Waals surface area (Å²) in [6.07, 6.45) is 9.04. The normalized spacial score (nSPS) is 18.8. The molecule has 104 valence electrons. The summed E-state index contributed by atoms with van der Waals surface area (Å²) in [6.45, 7) is 10.2. The first-order valence-corrected chi connectivity index (χ1v) is 7.71. The highest BCUT2D eigenvalue weighted by molar-refractivity contribution is 4.91. The first-order chi connectivity index (χ1) is 8.57. The molecular formula is C16H30N2. The van der Waals surface area contributed by atoms with Crippen LogP contribution >= 0.6 is 0 Å². The van der Waals surface area contributed by atoms with E-state index >= 15 is 0 Å². The van der Waals surface area contributed by atoms with E-state index < -0.39 is 0 Å². The fourth-order valence-electron chi connectivity index (χ4n) is 2.87. The van der Waals surface area contributed by atoms with Crippen molar-refractivity contribution in [2.24, 2.45) is 11.3 Å². The first-order valence-electron chi connectivity index (χ1n) is 7.71. The number of hydrogen-bond acceptors (Lipinski definition) is 2. The van der Waals surface area contributed by atoms with Gasteiger partial charge in [0.25, 0.3) is 0 Å². The number of unbranched alkanes of at least 4 members (excludes halogenated alkanes) is 1. The van der Waals surface area contributed by atoms with Crippen molar-refractivity contribution in [1.82, 2.24) is 4.90 Å². The van der Waals surface area contributed by atoms with Crippen molar-refractivity contribution < 1.29 is 0 Å². The van der Waals surface area contributed by atoms with Gasteiger partial charge in [0, 0.05) is 0 Å². The van der Waals surface area contributed by atoms with Gasteiger partial charge in [0.15, 0.2) is 0 Å². The summed E-state index contributed by atoms with van der Waals surface area (Å²) >= 11 is 0. The molecule has 1 rings (SSSR count). The van der Waals surface area contributed by atoms with E-state index in [-0.39, 0.29) is 5.41 Å². The Morgan fingerprint density at radius 1 is 1.22 bits per heavy atom. The maximum Gasteiger partial charge on any atom is 0.0683 e. The van der Waals surface area contributed by atoms with E-state index in [1.54, 1.807) is 0 Å². The van der Waals surface area contributed by atoms with Gasteiger partial charge in [0.05, 0.1) is 11.5 Å². The van der Waals surface area contributed by atoms with Crippen LogP contribution in [0.5, 0.6) is 0 Å². The van der Waals surface area contributed by atoms with Crippen molar-refractivity contribution in [1.29, 1.82) is 5.26 Å². The Morgan fingerprint density at radius 3 is 2.44 bits per heavy atom. The molecule has 1 aliphatic heterocycles. The fraction of sp³-hybridized carbons (Fsp3) is 0.938. The van der Waals surface area contributed by atoms with E-state index in [0.717, 1.165) is 12.3 Å². The zero-order valence-electron chi connectivity index (χ0n) is 12.5. The number of nitriles is 1. The second-order valence-electron chi connectivity index (χ2n) is 6.53. The van der Waals surface area contributed by atoms with Crippen LogP contribution in [0.3, 0.4) is 0 Å². The quantitative estimate of drug-likeness (QED) is 0.633. The Kier molecular flexibility index (Phi) is 6.71. The summed E-state index contributed by atoms with van der Waals surface area (Å²) in [5.74, 6) is 0.990. The fourth-order valence-corrected chi connectivity index (χ4v) is 2.87. The van der Waals surface area contributed by atoms with Gasteiger partial charge in [-0.05, 0) is 65.1 Å². The summed E-state index contributed by atoms with van der Waals surface area (Å²) in [5.41, 5.74) is -0.131. The molecule has 0 aromatic heterocycles. The summed E-state index contributed by atoms with van der Waals surface area (Å²) in [7, 11) is 0. The molecule has 0 unspecified atom stereocenters. The topological polar surface area (TPSA) is 27.0 Å². The predicted octanol–water partition coefficient (Wildman–Crippen LogP) is 4.22. The molecule has 0 amide bonds. The van der Waals surface area contributed by atoms with E-state index in [9.17, 15) is 0 Å². The molecule has 0 aromatic carbocycles. The highest BCUT2D eigenvalue weighted by atomic mass is 15.1. The van der Waals surface area contributed by atoms with E-state index in [2.05, 4.69) is 17.9 Å². The number of likely N-dealkylation sites (tertiary alicyclic amines) is 1. The van der Waals surface area contributed by atoms with Gasteiger partial charge < -0.3 is 4.90 Å². The van der Waals surface area contributed by atoms with Crippen molar-refractivity contribution in [3.63, 3.8) is 0 Å². The van der Waals surface area contributed by atoms with Crippen LogP contribution in [0.4, 0.5) is 0 Å². The van der Waals surface area contributed by atoms with Gasteiger partial charge in [-0.15, -0.1) is 0 Å². The van der Waals surface area contributed by atoms with E-state index in [4.69, 9.17) is 5.26 Å². The molecule has 0 aliphatic carbocycles. The highest BCUT2D eigenvalue weighted by Gasteiger charge is 2.19. The van der Waals surface area contributed by atoms with Crippen molar-refractivity contribution in [3.8, 4) is 6.07 Å².